The Morgan fingerprint density at radius 3 is 2.74 bits per heavy atom. The summed E-state index contributed by atoms with van der Waals surface area (Å²) in [6, 6.07) is 2.68. The fraction of sp³-hybridized carbons (Fsp3) is 0.714. The molecule has 0 radical (unpaired) electrons. The van der Waals surface area contributed by atoms with Gasteiger partial charge in [0.05, 0.1) is 0 Å². The maximum atomic E-state index is 4.60. The molecule has 1 N–H and O–H groups in total. The van der Waals surface area contributed by atoms with Gasteiger partial charge in [-0.1, -0.05) is 6.92 Å². The molecule has 5 nitrogen and oxygen atoms in total. The summed E-state index contributed by atoms with van der Waals surface area (Å²) in [4.78, 5) is 13.2. The molecule has 5 heteroatoms. The molecule has 106 valence electrons. The summed E-state index contributed by atoms with van der Waals surface area (Å²) in [6.45, 7) is 5.49. The van der Waals surface area contributed by atoms with Crippen LogP contribution in [0.15, 0.2) is 12.3 Å². The first-order valence-corrected chi connectivity index (χ1v) is 7.19. The molecule has 0 aliphatic carbocycles. The van der Waals surface area contributed by atoms with E-state index in [0.717, 1.165) is 31.4 Å². The molecule has 1 aliphatic rings. The van der Waals surface area contributed by atoms with E-state index in [2.05, 4.69) is 27.1 Å². The summed E-state index contributed by atoms with van der Waals surface area (Å²) in [5, 5.41) is 3.61. The van der Waals surface area contributed by atoms with E-state index >= 15 is 0 Å². The molecule has 0 bridgehead atoms. The van der Waals surface area contributed by atoms with Gasteiger partial charge in [-0.25, -0.2) is 4.98 Å². The van der Waals surface area contributed by atoms with E-state index in [1.807, 2.05) is 31.3 Å². The van der Waals surface area contributed by atoms with Crippen molar-refractivity contribution in [1.82, 2.24) is 15.3 Å². The zero-order valence-corrected chi connectivity index (χ0v) is 12.3. The lowest BCUT2D eigenvalue weighted by Gasteiger charge is -2.33. The Labute approximate surface area is 116 Å². The van der Waals surface area contributed by atoms with Crippen LogP contribution in [-0.4, -0.2) is 49.7 Å². The number of nitrogens with zero attached hydrogens (tertiary/aromatic N) is 4. The second-order valence-corrected chi connectivity index (χ2v) is 5.32. The summed E-state index contributed by atoms with van der Waals surface area (Å²) in [5.41, 5.74) is 0. The number of rotatable bonds is 5. The van der Waals surface area contributed by atoms with Crippen molar-refractivity contribution < 1.29 is 0 Å². The normalized spacial score (nSPS) is 16.7. The molecule has 0 amide bonds. The lowest BCUT2D eigenvalue weighted by molar-refractivity contribution is 0.414. The van der Waals surface area contributed by atoms with Crippen molar-refractivity contribution in [3.05, 3.63) is 12.3 Å². The summed E-state index contributed by atoms with van der Waals surface area (Å²) >= 11 is 0. The zero-order chi connectivity index (χ0) is 13.7. The van der Waals surface area contributed by atoms with Gasteiger partial charge in [0, 0.05) is 39.4 Å². The number of piperidine rings is 1. The smallest absolute Gasteiger partial charge is 0.226 e. The lowest BCUT2D eigenvalue weighted by atomic mass is 10.1. The Morgan fingerprint density at radius 1 is 1.37 bits per heavy atom. The van der Waals surface area contributed by atoms with Crippen LogP contribution in [0.5, 0.6) is 0 Å². The van der Waals surface area contributed by atoms with Gasteiger partial charge in [0.2, 0.25) is 5.95 Å². The van der Waals surface area contributed by atoms with E-state index in [9.17, 15) is 0 Å². The quantitative estimate of drug-likeness (QED) is 0.872. The number of aromatic nitrogens is 2. The van der Waals surface area contributed by atoms with Gasteiger partial charge < -0.3 is 15.1 Å². The first kappa shape index (κ1) is 14.1. The number of anilines is 2. The molecule has 0 atom stereocenters. The fourth-order valence-corrected chi connectivity index (χ4v) is 2.39. The minimum atomic E-state index is 0.673. The molecule has 1 saturated heterocycles. The maximum absolute atomic E-state index is 4.60. The van der Waals surface area contributed by atoms with Crippen LogP contribution in [-0.2, 0) is 0 Å². The SMILES string of the molecule is CCCNC1CCN(c2ccnc(N(C)C)n2)CC1. The highest BCUT2D eigenvalue weighted by atomic mass is 15.3. The highest BCUT2D eigenvalue weighted by Crippen LogP contribution is 2.19. The number of hydrogen-bond donors (Lipinski definition) is 1. The average Bonchev–Trinajstić information content (AvgIpc) is 2.46. The molecule has 1 aromatic heterocycles. The molecule has 2 rings (SSSR count). The average molecular weight is 263 g/mol. The first-order chi connectivity index (χ1) is 9.20. The van der Waals surface area contributed by atoms with E-state index in [4.69, 9.17) is 0 Å². The monoisotopic (exact) mass is 263 g/mol. The zero-order valence-electron chi connectivity index (χ0n) is 12.3. The third-order valence-corrected chi connectivity index (χ3v) is 3.53. The third kappa shape index (κ3) is 3.80. The predicted octanol–water partition coefficient (Wildman–Crippen LogP) is 1.51. The van der Waals surface area contributed by atoms with Crippen molar-refractivity contribution in [3.8, 4) is 0 Å². The van der Waals surface area contributed by atoms with E-state index in [0.29, 0.717) is 6.04 Å². The van der Waals surface area contributed by atoms with Gasteiger partial charge in [-0.05, 0) is 31.9 Å². The van der Waals surface area contributed by atoms with Crippen LogP contribution in [0.3, 0.4) is 0 Å². The Bertz CT molecular complexity index is 385. The number of nitrogens with one attached hydrogen (secondary N) is 1. The topological polar surface area (TPSA) is 44.3 Å². The molecule has 0 spiro atoms. The van der Waals surface area contributed by atoms with Gasteiger partial charge in [-0.15, -0.1) is 0 Å². The molecule has 2 heterocycles. The van der Waals surface area contributed by atoms with E-state index in [-0.39, 0.29) is 0 Å². The Balaban J connectivity index is 1.92. The second-order valence-electron chi connectivity index (χ2n) is 5.32. The van der Waals surface area contributed by atoms with Gasteiger partial charge in [-0.3, -0.25) is 0 Å². The van der Waals surface area contributed by atoms with Gasteiger partial charge in [-0.2, -0.15) is 4.98 Å². The van der Waals surface area contributed by atoms with Crippen LogP contribution in [0.1, 0.15) is 26.2 Å². The Kier molecular flexibility index (Phi) is 4.96. The van der Waals surface area contributed by atoms with Crippen molar-refractivity contribution in [1.29, 1.82) is 0 Å². The van der Waals surface area contributed by atoms with Crippen LogP contribution < -0.4 is 15.1 Å². The van der Waals surface area contributed by atoms with E-state index < -0.39 is 0 Å². The fourth-order valence-electron chi connectivity index (χ4n) is 2.39. The minimum Gasteiger partial charge on any atom is -0.356 e. The maximum Gasteiger partial charge on any atom is 0.226 e. The molecule has 19 heavy (non-hydrogen) atoms. The summed E-state index contributed by atoms with van der Waals surface area (Å²) in [6.07, 6.45) is 5.44. The van der Waals surface area contributed by atoms with E-state index in [1.54, 1.807) is 0 Å². The first-order valence-electron chi connectivity index (χ1n) is 7.19. The summed E-state index contributed by atoms with van der Waals surface area (Å²) < 4.78 is 0. The predicted molar refractivity (Wildman–Crippen MR) is 79.9 cm³/mol. The molecule has 0 unspecified atom stereocenters. The minimum absolute atomic E-state index is 0.673. The van der Waals surface area contributed by atoms with Crippen LogP contribution in [0.4, 0.5) is 11.8 Å². The number of hydrogen-bond acceptors (Lipinski definition) is 5. The molecule has 0 aromatic carbocycles. The summed E-state index contributed by atoms with van der Waals surface area (Å²) in [7, 11) is 3.94. The van der Waals surface area contributed by atoms with Gasteiger partial charge >= 0.3 is 0 Å². The van der Waals surface area contributed by atoms with Crippen molar-refractivity contribution in [2.45, 2.75) is 32.2 Å². The van der Waals surface area contributed by atoms with Gasteiger partial charge in [0.25, 0.3) is 0 Å². The van der Waals surface area contributed by atoms with Crippen LogP contribution in [0.2, 0.25) is 0 Å². The Hall–Kier alpha value is -1.36. The molecule has 1 aromatic rings. The van der Waals surface area contributed by atoms with Crippen LogP contribution >= 0.6 is 0 Å². The summed E-state index contributed by atoms with van der Waals surface area (Å²) in [5.74, 6) is 1.83. The van der Waals surface area contributed by atoms with Crippen molar-refractivity contribution in [2.75, 3.05) is 43.5 Å². The molecular formula is C14H25N5. The van der Waals surface area contributed by atoms with E-state index in [1.165, 1.54) is 19.3 Å². The van der Waals surface area contributed by atoms with Crippen LogP contribution in [0, 0.1) is 0 Å². The van der Waals surface area contributed by atoms with Crippen LogP contribution in [0.25, 0.3) is 0 Å². The standard InChI is InChI=1S/C14H25N5/c1-4-8-15-12-6-10-19(11-7-12)13-5-9-16-14(17-13)18(2)3/h5,9,12,15H,4,6-8,10-11H2,1-3H3. The highest BCUT2D eigenvalue weighted by molar-refractivity contribution is 5.43. The molecule has 1 aliphatic heterocycles. The van der Waals surface area contributed by atoms with Crippen molar-refractivity contribution in [3.63, 3.8) is 0 Å². The third-order valence-electron chi connectivity index (χ3n) is 3.53. The lowest BCUT2D eigenvalue weighted by Crippen LogP contribution is -2.43. The van der Waals surface area contributed by atoms with Gasteiger partial charge in [0.1, 0.15) is 5.82 Å². The highest BCUT2D eigenvalue weighted by Gasteiger charge is 2.19. The van der Waals surface area contributed by atoms with Gasteiger partial charge in [0.15, 0.2) is 0 Å². The van der Waals surface area contributed by atoms with Crippen molar-refractivity contribution >= 4 is 11.8 Å². The Morgan fingerprint density at radius 2 is 2.11 bits per heavy atom. The molecular weight excluding hydrogens is 238 g/mol. The largest absolute Gasteiger partial charge is 0.356 e. The molecule has 0 saturated carbocycles. The van der Waals surface area contributed by atoms with Crippen molar-refractivity contribution in [2.24, 2.45) is 0 Å². The second kappa shape index (κ2) is 6.70. The molecule has 1 fully saturated rings.